The number of alkyl halides is 3. The minimum atomic E-state index is -4.49. The van der Waals surface area contributed by atoms with Gasteiger partial charge in [0, 0.05) is 55.1 Å². The van der Waals surface area contributed by atoms with E-state index in [-0.39, 0.29) is 22.2 Å². The lowest BCUT2D eigenvalue weighted by Gasteiger charge is -2.35. The molecule has 0 bridgehead atoms. The molecule has 0 unspecified atom stereocenters. The zero-order valence-electron chi connectivity index (χ0n) is 15.6. The molecule has 0 radical (unpaired) electrons. The molecule has 1 heterocycles. The Balaban J connectivity index is 1.61. The number of carbonyl (C=O) groups excluding carboxylic acids is 1. The summed E-state index contributed by atoms with van der Waals surface area (Å²) in [7, 11) is 0. The monoisotopic (exact) mass is 439 g/mol. The number of rotatable bonds is 4. The van der Waals surface area contributed by atoms with Crippen molar-refractivity contribution in [1.29, 1.82) is 0 Å². The molecule has 1 amide bonds. The molecule has 0 aliphatic carbocycles. The van der Waals surface area contributed by atoms with Crippen LogP contribution < -0.4 is 4.90 Å². The van der Waals surface area contributed by atoms with Crippen molar-refractivity contribution in [3.8, 4) is 0 Å². The third-order valence-corrected chi connectivity index (χ3v) is 5.09. The van der Waals surface area contributed by atoms with E-state index in [0.29, 0.717) is 26.2 Å². The fraction of sp³-hybridized carbons (Fsp3) is 0.250. The maximum Gasteiger partial charge on any atom is 0.416 e. The Morgan fingerprint density at radius 1 is 1.07 bits per heavy atom. The number of nitro benzene ring substituents is 1. The van der Waals surface area contributed by atoms with Gasteiger partial charge in [-0.2, -0.15) is 13.2 Å². The number of non-ortho nitro benzene ring substituents is 1. The van der Waals surface area contributed by atoms with Crippen molar-refractivity contribution in [2.45, 2.75) is 6.18 Å². The van der Waals surface area contributed by atoms with E-state index in [2.05, 4.69) is 0 Å². The fourth-order valence-electron chi connectivity index (χ4n) is 3.08. The highest BCUT2D eigenvalue weighted by molar-refractivity contribution is 6.32. The van der Waals surface area contributed by atoms with Crippen molar-refractivity contribution in [3.05, 3.63) is 74.8 Å². The summed E-state index contributed by atoms with van der Waals surface area (Å²) < 4.78 is 38.5. The van der Waals surface area contributed by atoms with Gasteiger partial charge >= 0.3 is 6.18 Å². The zero-order valence-corrected chi connectivity index (χ0v) is 16.4. The number of piperazine rings is 1. The van der Waals surface area contributed by atoms with Crippen LogP contribution in [-0.2, 0) is 11.0 Å². The Kier molecular flexibility index (Phi) is 6.31. The first kappa shape index (κ1) is 21.6. The summed E-state index contributed by atoms with van der Waals surface area (Å²) in [4.78, 5) is 26.3. The molecule has 10 heteroatoms. The summed E-state index contributed by atoms with van der Waals surface area (Å²) in [6.45, 7) is 1.89. The number of carbonyl (C=O) groups is 1. The molecule has 2 aromatic carbocycles. The summed E-state index contributed by atoms with van der Waals surface area (Å²) in [6.07, 6.45) is -2.00. The van der Waals surface area contributed by atoms with Crippen LogP contribution in [0.25, 0.3) is 6.08 Å². The molecule has 0 aromatic heterocycles. The Morgan fingerprint density at radius 3 is 2.27 bits per heavy atom. The van der Waals surface area contributed by atoms with Gasteiger partial charge < -0.3 is 9.80 Å². The number of halogens is 4. The van der Waals surface area contributed by atoms with E-state index in [1.54, 1.807) is 17.0 Å². The van der Waals surface area contributed by atoms with Gasteiger partial charge in [0.1, 0.15) is 0 Å². The Hall–Kier alpha value is -3.07. The van der Waals surface area contributed by atoms with E-state index in [1.807, 2.05) is 4.90 Å². The van der Waals surface area contributed by atoms with E-state index in [9.17, 15) is 28.1 Å². The smallest absolute Gasteiger partial charge is 0.368 e. The second-order valence-electron chi connectivity index (χ2n) is 6.65. The minimum absolute atomic E-state index is 0.00551. The molecule has 0 atom stereocenters. The molecule has 1 fully saturated rings. The molecule has 158 valence electrons. The number of benzene rings is 2. The first-order valence-electron chi connectivity index (χ1n) is 8.98. The predicted octanol–water partition coefficient (Wildman–Crippen LogP) is 4.63. The molecule has 6 nitrogen and oxygen atoms in total. The number of hydrogen-bond acceptors (Lipinski definition) is 4. The van der Waals surface area contributed by atoms with Crippen LogP contribution in [0, 0.1) is 10.1 Å². The Bertz CT molecular complexity index is 969. The first-order valence-corrected chi connectivity index (χ1v) is 9.36. The average Bonchev–Trinajstić information content (AvgIpc) is 2.72. The molecule has 1 aliphatic heterocycles. The van der Waals surface area contributed by atoms with Gasteiger partial charge in [0.15, 0.2) is 0 Å². The second-order valence-corrected chi connectivity index (χ2v) is 7.06. The molecule has 0 N–H and O–H groups in total. The highest BCUT2D eigenvalue weighted by Crippen LogP contribution is 2.32. The van der Waals surface area contributed by atoms with Crippen LogP contribution in [0.3, 0.4) is 0 Å². The lowest BCUT2D eigenvalue weighted by Crippen LogP contribution is -2.48. The van der Waals surface area contributed by atoms with E-state index in [0.717, 1.165) is 23.9 Å². The van der Waals surface area contributed by atoms with Gasteiger partial charge in [-0.15, -0.1) is 0 Å². The largest absolute Gasteiger partial charge is 0.416 e. The average molecular weight is 440 g/mol. The molecule has 2 aromatic rings. The SMILES string of the molecule is O=C(/C=C/c1cc(C(F)(F)F)ccc1Cl)N1CCN(c2ccc([N+](=O)[O-])cc2)CC1. The van der Waals surface area contributed by atoms with Gasteiger partial charge in [-0.1, -0.05) is 11.6 Å². The van der Waals surface area contributed by atoms with Gasteiger partial charge in [0.05, 0.1) is 10.5 Å². The highest BCUT2D eigenvalue weighted by Gasteiger charge is 2.30. The molecule has 1 aliphatic rings. The van der Waals surface area contributed by atoms with Crippen LogP contribution in [0.2, 0.25) is 5.02 Å². The van der Waals surface area contributed by atoms with E-state index in [1.165, 1.54) is 24.3 Å². The van der Waals surface area contributed by atoms with Crippen LogP contribution in [-0.4, -0.2) is 41.9 Å². The Labute approximate surface area is 175 Å². The van der Waals surface area contributed by atoms with Crippen LogP contribution in [0.15, 0.2) is 48.5 Å². The quantitative estimate of drug-likeness (QED) is 0.396. The number of nitrogens with zero attached hydrogens (tertiary/aromatic N) is 3. The second kappa shape index (κ2) is 8.74. The van der Waals surface area contributed by atoms with Crippen LogP contribution >= 0.6 is 11.6 Å². The normalized spacial score (nSPS) is 14.9. The van der Waals surface area contributed by atoms with Crippen molar-refractivity contribution in [1.82, 2.24) is 4.90 Å². The van der Waals surface area contributed by atoms with Gasteiger partial charge in [0.25, 0.3) is 5.69 Å². The van der Waals surface area contributed by atoms with Gasteiger partial charge in [-0.3, -0.25) is 14.9 Å². The molecule has 30 heavy (non-hydrogen) atoms. The standard InChI is InChI=1S/C20H17ClF3N3O3/c21-18-7-2-15(20(22,23)24)13-14(18)1-8-19(28)26-11-9-25(10-12-26)16-3-5-17(6-4-16)27(29)30/h1-8,13H,9-12H2/b8-1+. The van der Waals surface area contributed by atoms with Crippen molar-refractivity contribution in [2.24, 2.45) is 0 Å². The van der Waals surface area contributed by atoms with Crippen LogP contribution in [0.5, 0.6) is 0 Å². The molecule has 1 saturated heterocycles. The fourth-order valence-corrected chi connectivity index (χ4v) is 3.27. The topological polar surface area (TPSA) is 66.7 Å². The maximum absolute atomic E-state index is 12.8. The maximum atomic E-state index is 12.8. The van der Waals surface area contributed by atoms with Gasteiger partial charge in [-0.05, 0) is 42.0 Å². The summed E-state index contributed by atoms with van der Waals surface area (Å²) in [5.74, 6) is -0.327. The van der Waals surface area contributed by atoms with E-state index < -0.39 is 16.7 Å². The molecular weight excluding hydrogens is 423 g/mol. The summed E-state index contributed by atoms with van der Waals surface area (Å²) in [5, 5.41) is 10.9. The number of amides is 1. The van der Waals surface area contributed by atoms with Gasteiger partial charge in [0.2, 0.25) is 5.91 Å². The van der Waals surface area contributed by atoms with Crippen molar-refractivity contribution >= 4 is 35.0 Å². The molecular formula is C20H17ClF3N3O3. The lowest BCUT2D eigenvalue weighted by atomic mass is 10.1. The van der Waals surface area contributed by atoms with Gasteiger partial charge in [-0.25, -0.2) is 0 Å². The lowest BCUT2D eigenvalue weighted by molar-refractivity contribution is -0.384. The van der Waals surface area contributed by atoms with Crippen molar-refractivity contribution < 1.29 is 22.9 Å². The summed E-state index contributed by atoms with van der Waals surface area (Å²) in [6, 6.07) is 9.11. The molecule has 0 spiro atoms. The molecule has 0 saturated carbocycles. The summed E-state index contributed by atoms with van der Waals surface area (Å²) >= 11 is 5.94. The predicted molar refractivity (Wildman–Crippen MR) is 107 cm³/mol. The third-order valence-electron chi connectivity index (χ3n) is 4.75. The minimum Gasteiger partial charge on any atom is -0.368 e. The van der Waals surface area contributed by atoms with Crippen molar-refractivity contribution in [2.75, 3.05) is 31.1 Å². The van der Waals surface area contributed by atoms with Crippen LogP contribution in [0.1, 0.15) is 11.1 Å². The third kappa shape index (κ3) is 5.10. The number of nitro groups is 1. The molecule has 3 rings (SSSR count). The van der Waals surface area contributed by atoms with Crippen molar-refractivity contribution in [3.63, 3.8) is 0 Å². The Morgan fingerprint density at radius 2 is 1.70 bits per heavy atom. The zero-order chi connectivity index (χ0) is 21.9. The highest BCUT2D eigenvalue weighted by atomic mass is 35.5. The van der Waals surface area contributed by atoms with Crippen LogP contribution in [0.4, 0.5) is 24.5 Å². The first-order chi connectivity index (χ1) is 14.1. The number of hydrogen-bond donors (Lipinski definition) is 0. The summed E-state index contributed by atoms with van der Waals surface area (Å²) in [5.41, 5.74) is 0.102. The van der Waals surface area contributed by atoms with E-state index >= 15 is 0 Å². The number of anilines is 1. The van der Waals surface area contributed by atoms with E-state index in [4.69, 9.17) is 11.6 Å².